The molecule has 21 heavy (non-hydrogen) atoms. The number of hydrogen-bond donors (Lipinski definition) is 1. The van der Waals surface area contributed by atoms with E-state index in [2.05, 4.69) is 5.32 Å². The predicted molar refractivity (Wildman–Crippen MR) is 82.9 cm³/mol. The molecule has 1 atom stereocenters. The lowest BCUT2D eigenvalue weighted by atomic mass is 9.86. The van der Waals surface area contributed by atoms with Gasteiger partial charge in [0, 0.05) is 26.1 Å². The van der Waals surface area contributed by atoms with Crippen molar-refractivity contribution in [1.82, 2.24) is 10.2 Å². The summed E-state index contributed by atoms with van der Waals surface area (Å²) >= 11 is 0. The van der Waals surface area contributed by atoms with Gasteiger partial charge >= 0.3 is 0 Å². The number of carbonyl (C=O) groups is 2. The summed E-state index contributed by atoms with van der Waals surface area (Å²) in [6, 6.07) is -0.431. The predicted octanol–water partition coefficient (Wildman–Crippen LogP) is 1.95. The maximum Gasteiger partial charge on any atom is 0.245 e. The van der Waals surface area contributed by atoms with E-state index in [0.29, 0.717) is 19.5 Å². The molecule has 1 rings (SSSR count). The number of ether oxygens (including phenoxy) is 1. The highest BCUT2D eigenvalue weighted by atomic mass is 16.5. The molecule has 0 radical (unpaired) electrons. The van der Waals surface area contributed by atoms with Crippen molar-refractivity contribution in [2.24, 2.45) is 5.41 Å². The zero-order valence-corrected chi connectivity index (χ0v) is 14.1. The second-order valence-corrected chi connectivity index (χ2v) is 7.07. The van der Waals surface area contributed by atoms with Crippen molar-refractivity contribution in [1.29, 1.82) is 0 Å². The Balaban J connectivity index is 2.52. The Labute approximate surface area is 128 Å². The standard InChI is InChI=1S/C16H30N2O3/c1-12(2)21-11-7-6-9-18-10-8-13(19)17-14(15(18)20)16(3,4)5/h12,14H,6-11H2,1-5H3,(H,17,19). The van der Waals surface area contributed by atoms with Crippen molar-refractivity contribution in [2.45, 2.75) is 66.0 Å². The van der Waals surface area contributed by atoms with E-state index >= 15 is 0 Å². The lowest BCUT2D eigenvalue weighted by molar-refractivity contribution is -0.136. The topological polar surface area (TPSA) is 58.6 Å². The Morgan fingerprint density at radius 3 is 2.52 bits per heavy atom. The maximum atomic E-state index is 12.6. The summed E-state index contributed by atoms with van der Waals surface area (Å²) in [5.74, 6) is 0.00652. The molecule has 1 aliphatic heterocycles. The fourth-order valence-corrected chi connectivity index (χ4v) is 2.36. The van der Waals surface area contributed by atoms with Crippen LogP contribution in [0.1, 0.15) is 53.9 Å². The summed E-state index contributed by atoms with van der Waals surface area (Å²) in [5, 5.41) is 2.86. The molecule has 0 aromatic rings. The van der Waals surface area contributed by atoms with Crippen molar-refractivity contribution >= 4 is 11.8 Å². The third-order valence-corrected chi connectivity index (χ3v) is 3.61. The molecule has 0 bridgehead atoms. The van der Waals surface area contributed by atoms with Crippen LogP contribution in [0.15, 0.2) is 0 Å². The lowest BCUT2D eigenvalue weighted by Crippen LogP contribution is -2.52. The van der Waals surface area contributed by atoms with Gasteiger partial charge in [-0.3, -0.25) is 9.59 Å². The van der Waals surface area contributed by atoms with Gasteiger partial charge in [-0.25, -0.2) is 0 Å². The van der Waals surface area contributed by atoms with E-state index in [9.17, 15) is 9.59 Å². The second-order valence-electron chi connectivity index (χ2n) is 7.07. The van der Waals surface area contributed by atoms with Crippen molar-refractivity contribution < 1.29 is 14.3 Å². The van der Waals surface area contributed by atoms with E-state index in [0.717, 1.165) is 19.4 Å². The van der Waals surface area contributed by atoms with Crippen molar-refractivity contribution in [3.8, 4) is 0 Å². The molecule has 0 aromatic carbocycles. The summed E-state index contributed by atoms with van der Waals surface area (Å²) in [5.41, 5.74) is -0.268. The Morgan fingerprint density at radius 2 is 1.95 bits per heavy atom. The molecule has 1 heterocycles. The van der Waals surface area contributed by atoms with Crippen molar-refractivity contribution in [3.05, 3.63) is 0 Å². The summed E-state index contributed by atoms with van der Waals surface area (Å²) in [6.07, 6.45) is 2.48. The molecule has 122 valence electrons. The lowest BCUT2D eigenvalue weighted by Gasteiger charge is -2.32. The van der Waals surface area contributed by atoms with E-state index in [1.807, 2.05) is 39.5 Å². The second kappa shape index (κ2) is 7.78. The van der Waals surface area contributed by atoms with Gasteiger partial charge in [-0.2, -0.15) is 0 Å². The highest BCUT2D eigenvalue weighted by Gasteiger charge is 2.37. The van der Waals surface area contributed by atoms with Crippen LogP contribution in [0, 0.1) is 5.41 Å². The molecule has 1 fully saturated rings. The molecule has 0 aromatic heterocycles. The first kappa shape index (κ1) is 18.0. The van der Waals surface area contributed by atoms with Crippen LogP contribution in [-0.2, 0) is 14.3 Å². The minimum Gasteiger partial charge on any atom is -0.379 e. The molecule has 1 N–H and O–H groups in total. The molecule has 1 aliphatic rings. The number of hydrogen-bond acceptors (Lipinski definition) is 3. The molecule has 1 saturated heterocycles. The van der Waals surface area contributed by atoms with Gasteiger partial charge in [0.2, 0.25) is 11.8 Å². The van der Waals surface area contributed by atoms with Gasteiger partial charge in [-0.1, -0.05) is 20.8 Å². The van der Waals surface area contributed by atoms with Crippen LogP contribution >= 0.6 is 0 Å². The number of nitrogens with one attached hydrogen (secondary N) is 1. The molecule has 1 unspecified atom stereocenters. The van der Waals surface area contributed by atoms with Crippen LogP contribution < -0.4 is 5.32 Å². The molecule has 0 saturated carbocycles. The Kier molecular flexibility index (Phi) is 6.65. The molecule has 5 heteroatoms. The number of rotatable bonds is 6. The van der Waals surface area contributed by atoms with E-state index < -0.39 is 6.04 Å². The largest absolute Gasteiger partial charge is 0.379 e. The van der Waals surface area contributed by atoms with Gasteiger partial charge < -0.3 is 15.0 Å². The first-order valence-corrected chi connectivity index (χ1v) is 7.91. The molecular weight excluding hydrogens is 268 g/mol. The average Bonchev–Trinajstić information content (AvgIpc) is 2.49. The minimum absolute atomic E-state index is 0.0334. The molecule has 2 amide bonds. The maximum absolute atomic E-state index is 12.6. The van der Waals surface area contributed by atoms with Crippen LogP contribution in [0.5, 0.6) is 0 Å². The zero-order chi connectivity index (χ0) is 16.0. The van der Waals surface area contributed by atoms with E-state index in [1.165, 1.54) is 0 Å². The van der Waals surface area contributed by atoms with Crippen LogP contribution in [0.25, 0.3) is 0 Å². The Bertz CT molecular complexity index is 361. The van der Waals surface area contributed by atoms with Gasteiger partial charge in [0.25, 0.3) is 0 Å². The van der Waals surface area contributed by atoms with Gasteiger partial charge in [0.05, 0.1) is 6.10 Å². The van der Waals surface area contributed by atoms with Crippen LogP contribution in [0.4, 0.5) is 0 Å². The quantitative estimate of drug-likeness (QED) is 0.763. The normalized spacial score (nSPS) is 20.7. The SMILES string of the molecule is CC(C)OCCCCN1CCC(=O)NC(C(C)(C)C)C1=O. The smallest absolute Gasteiger partial charge is 0.245 e. The van der Waals surface area contributed by atoms with E-state index in [-0.39, 0.29) is 23.3 Å². The summed E-state index contributed by atoms with van der Waals surface area (Å²) in [4.78, 5) is 26.2. The molecule has 0 aliphatic carbocycles. The van der Waals surface area contributed by atoms with Crippen molar-refractivity contribution in [3.63, 3.8) is 0 Å². The van der Waals surface area contributed by atoms with Crippen LogP contribution in [0.2, 0.25) is 0 Å². The first-order chi connectivity index (χ1) is 9.71. The van der Waals surface area contributed by atoms with Gasteiger partial charge in [0.15, 0.2) is 0 Å². The molecule has 0 spiro atoms. The summed E-state index contributed by atoms with van der Waals surface area (Å²) in [7, 11) is 0. The molecule has 5 nitrogen and oxygen atoms in total. The summed E-state index contributed by atoms with van der Waals surface area (Å²) in [6.45, 7) is 11.9. The Hall–Kier alpha value is -1.10. The third-order valence-electron chi connectivity index (χ3n) is 3.61. The fourth-order valence-electron chi connectivity index (χ4n) is 2.36. The van der Waals surface area contributed by atoms with Gasteiger partial charge in [-0.15, -0.1) is 0 Å². The number of nitrogens with zero attached hydrogens (tertiary/aromatic N) is 1. The zero-order valence-electron chi connectivity index (χ0n) is 14.1. The van der Waals surface area contributed by atoms with E-state index in [1.54, 1.807) is 0 Å². The van der Waals surface area contributed by atoms with Crippen LogP contribution in [0.3, 0.4) is 0 Å². The van der Waals surface area contributed by atoms with Gasteiger partial charge in [0.1, 0.15) is 6.04 Å². The monoisotopic (exact) mass is 298 g/mol. The van der Waals surface area contributed by atoms with E-state index in [4.69, 9.17) is 4.74 Å². The minimum atomic E-state index is -0.431. The fraction of sp³-hybridized carbons (Fsp3) is 0.875. The number of amides is 2. The van der Waals surface area contributed by atoms with Gasteiger partial charge in [-0.05, 0) is 32.1 Å². The molecular formula is C16H30N2O3. The third kappa shape index (κ3) is 6.04. The highest BCUT2D eigenvalue weighted by molar-refractivity contribution is 5.90. The average molecular weight is 298 g/mol. The summed E-state index contributed by atoms with van der Waals surface area (Å²) < 4.78 is 5.51. The van der Waals surface area contributed by atoms with Crippen molar-refractivity contribution in [2.75, 3.05) is 19.7 Å². The highest BCUT2D eigenvalue weighted by Crippen LogP contribution is 2.23. The number of unbranched alkanes of at least 4 members (excludes halogenated alkanes) is 1. The Morgan fingerprint density at radius 1 is 1.29 bits per heavy atom. The van der Waals surface area contributed by atoms with Crippen LogP contribution in [-0.4, -0.2) is 48.6 Å². The first-order valence-electron chi connectivity index (χ1n) is 7.91. The number of carbonyl (C=O) groups excluding carboxylic acids is 2.